The molecule has 4 heteroatoms. The van der Waals surface area contributed by atoms with E-state index in [4.69, 9.17) is 9.47 Å². The molecule has 26 heavy (non-hydrogen) atoms. The van der Waals surface area contributed by atoms with Crippen LogP contribution in [0.5, 0.6) is 11.5 Å². The van der Waals surface area contributed by atoms with Crippen molar-refractivity contribution in [3.63, 3.8) is 0 Å². The number of hydrogen-bond donors (Lipinski definition) is 0. The average Bonchev–Trinajstić information content (AvgIpc) is 2.68. The highest BCUT2D eigenvalue weighted by Crippen LogP contribution is 2.45. The first kappa shape index (κ1) is 17.1. The van der Waals surface area contributed by atoms with Gasteiger partial charge in [-0.05, 0) is 38.1 Å². The number of carbonyl (C=O) groups is 1. The quantitative estimate of drug-likeness (QED) is 0.751. The van der Waals surface area contributed by atoms with Gasteiger partial charge in [0.15, 0.2) is 0 Å². The summed E-state index contributed by atoms with van der Waals surface area (Å²) in [6, 6.07) is 15.9. The average molecular weight is 351 g/mol. The van der Waals surface area contributed by atoms with Crippen molar-refractivity contribution in [2.75, 3.05) is 26.2 Å². The van der Waals surface area contributed by atoms with E-state index in [1.165, 1.54) is 19.3 Å². The Balaban J connectivity index is 1.41. The lowest BCUT2D eigenvalue weighted by molar-refractivity contribution is -0.144. The van der Waals surface area contributed by atoms with Crippen molar-refractivity contribution in [3.05, 3.63) is 59.7 Å². The van der Waals surface area contributed by atoms with E-state index in [2.05, 4.69) is 4.90 Å². The van der Waals surface area contributed by atoms with Gasteiger partial charge in [-0.2, -0.15) is 0 Å². The van der Waals surface area contributed by atoms with Gasteiger partial charge in [-0.3, -0.25) is 9.69 Å². The molecule has 0 aliphatic carbocycles. The van der Waals surface area contributed by atoms with Crippen LogP contribution in [0.25, 0.3) is 0 Å². The number of benzene rings is 2. The Morgan fingerprint density at radius 2 is 1.58 bits per heavy atom. The first-order valence-corrected chi connectivity index (χ1v) is 9.55. The van der Waals surface area contributed by atoms with E-state index in [9.17, 15) is 4.79 Å². The summed E-state index contributed by atoms with van der Waals surface area (Å²) < 4.78 is 11.5. The lowest BCUT2D eigenvalue weighted by Gasteiger charge is -2.28. The van der Waals surface area contributed by atoms with Crippen molar-refractivity contribution < 1.29 is 14.3 Å². The minimum atomic E-state index is -0.140. The van der Waals surface area contributed by atoms with Gasteiger partial charge < -0.3 is 9.47 Å². The molecule has 0 amide bonds. The van der Waals surface area contributed by atoms with E-state index in [-0.39, 0.29) is 11.9 Å². The zero-order valence-corrected chi connectivity index (χ0v) is 15.0. The molecule has 0 unspecified atom stereocenters. The van der Waals surface area contributed by atoms with Crippen molar-refractivity contribution in [1.82, 2.24) is 4.90 Å². The maximum Gasteiger partial charge on any atom is 0.306 e. The fraction of sp³-hybridized carbons (Fsp3) is 0.409. The van der Waals surface area contributed by atoms with Crippen LogP contribution in [0.1, 0.15) is 42.7 Å². The molecule has 2 heterocycles. The minimum absolute atomic E-state index is 0.0152. The van der Waals surface area contributed by atoms with Crippen molar-refractivity contribution in [1.29, 1.82) is 0 Å². The molecule has 4 nitrogen and oxygen atoms in total. The van der Waals surface area contributed by atoms with Crippen molar-refractivity contribution >= 4 is 5.97 Å². The maximum atomic E-state index is 12.5. The third kappa shape index (κ3) is 3.75. The molecule has 2 aliphatic rings. The minimum Gasteiger partial charge on any atom is -0.464 e. The lowest BCUT2D eigenvalue weighted by atomic mass is 9.85. The van der Waals surface area contributed by atoms with E-state index in [0.717, 1.165) is 42.3 Å². The SMILES string of the molecule is O=C(CC1c2ccccc2Oc2ccccc21)OCCN1CCCCC1. The van der Waals surface area contributed by atoms with Crippen LogP contribution in [0, 0.1) is 0 Å². The second kappa shape index (κ2) is 7.92. The molecule has 136 valence electrons. The van der Waals surface area contributed by atoms with Crippen LogP contribution in [0.2, 0.25) is 0 Å². The van der Waals surface area contributed by atoms with Crippen LogP contribution >= 0.6 is 0 Å². The molecule has 0 N–H and O–H groups in total. The molecule has 4 rings (SSSR count). The largest absolute Gasteiger partial charge is 0.464 e. The van der Waals surface area contributed by atoms with Crippen molar-refractivity contribution in [3.8, 4) is 11.5 Å². The number of piperidine rings is 1. The molecular weight excluding hydrogens is 326 g/mol. The Labute approximate surface area is 154 Å². The summed E-state index contributed by atoms with van der Waals surface area (Å²) in [6.45, 7) is 3.56. The fourth-order valence-electron chi connectivity index (χ4n) is 3.93. The van der Waals surface area contributed by atoms with Gasteiger partial charge in [-0.15, -0.1) is 0 Å². The second-order valence-electron chi connectivity index (χ2n) is 7.06. The lowest BCUT2D eigenvalue weighted by Crippen LogP contribution is -2.33. The topological polar surface area (TPSA) is 38.8 Å². The van der Waals surface area contributed by atoms with E-state index < -0.39 is 0 Å². The van der Waals surface area contributed by atoms with Crippen molar-refractivity contribution in [2.45, 2.75) is 31.6 Å². The molecule has 0 radical (unpaired) electrons. The summed E-state index contributed by atoms with van der Waals surface area (Å²) >= 11 is 0. The predicted octanol–water partition coefficient (Wildman–Crippen LogP) is 4.34. The highest BCUT2D eigenvalue weighted by atomic mass is 16.5. The van der Waals surface area contributed by atoms with Gasteiger partial charge in [0.25, 0.3) is 0 Å². The van der Waals surface area contributed by atoms with Crippen LogP contribution < -0.4 is 4.74 Å². The van der Waals surface area contributed by atoms with Crippen LogP contribution in [0.3, 0.4) is 0 Å². The Hall–Kier alpha value is -2.33. The van der Waals surface area contributed by atoms with E-state index >= 15 is 0 Å². The van der Waals surface area contributed by atoms with Gasteiger partial charge in [0.2, 0.25) is 0 Å². The number of nitrogens with zero attached hydrogens (tertiary/aromatic N) is 1. The van der Waals surface area contributed by atoms with Gasteiger partial charge in [0.05, 0.1) is 6.42 Å². The number of para-hydroxylation sites is 2. The standard InChI is InChI=1S/C22H25NO3/c24-22(25-15-14-23-12-6-1-7-13-23)16-19-17-8-2-4-10-20(17)26-21-11-5-3-9-18(19)21/h2-5,8-11,19H,1,6-7,12-16H2. The molecule has 2 aromatic rings. The maximum absolute atomic E-state index is 12.5. The molecule has 2 aromatic carbocycles. The molecule has 0 atom stereocenters. The third-order valence-corrected chi connectivity index (χ3v) is 5.30. The van der Waals surface area contributed by atoms with Gasteiger partial charge in [0.1, 0.15) is 18.1 Å². The highest BCUT2D eigenvalue weighted by Gasteiger charge is 2.29. The number of likely N-dealkylation sites (tertiary alicyclic amines) is 1. The molecule has 0 spiro atoms. The molecular formula is C22H25NO3. The fourth-order valence-corrected chi connectivity index (χ4v) is 3.93. The van der Waals surface area contributed by atoms with Crippen LogP contribution in [-0.4, -0.2) is 37.1 Å². The van der Waals surface area contributed by atoms with Crippen LogP contribution in [-0.2, 0) is 9.53 Å². The summed E-state index contributed by atoms with van der Waals surface area (Å²) in [7, 11) is 0. The summed E-state index contributed by atoms with van der Waals surface area (Å²) in [5, 5.41) is 0. The molecule has 1 fully saturated rings. The van der Waals surface area contributed by atoms with Gasteiger partial charge in [-0.25, -0.2) is 0 Å². The van der Waals surface area contributed by atoms with Crippen molar-refractivity contribution in [2.24, 2.45) is 0 Å². The smallest absolute Gasteiger partial charge is 0.306 e. The van der Waals surface area contributed by atoms with E-state index in [0.29, 0.717) is 13.0 Å². The predicted molar refractivity (Wildman–Crippen MR) is 101 cm³/mol. The Morgan fingerprint density at radius 1 is 0.962 bits per heavy atom. The first-order valence-electron chi connectivity index (χ1n) is 9.55. The normalized spacial score (nSPS) is 17.1. The molecule has 0 saturated carbocycles. The zero-order chi connectivity index (χ0) is 17.8. The van der Waals surface area contributed by atoms with Gasteiger partial charge in [-0.1, -0.05) is 42.8 Å². The number of ether oxygens (including phenoxy) is 2. The zero-order valence-electron chi connectivity index (χ0n) is 15.0. The summed E-state index contributed by atoms with van der Waals surface area (Å²) in [5.41, 5.74) is 2.11. The summed E-state index contributed by atoms with van der Waals surface area (Å²) in [4.78, 5) is 14.9. The third-order valence-electron chi connectivity index (χ3n) is 5.30. The number of hydrogen-bond acceptors (Lipinski definition) is 4. The Morgan fingerprint density at radius 3 is 2.23 bits per heavy atom. The van der Waals surface area contributed by atoms with E-state index in [1.54, 1.807) is 0 Å². The highest BCUT2D eigenvalue weighted by molar-refractivity contribution is 5.72. The summed E-state index contributed by atoms with van der Waals surface area (Å²) in [6.07, 6.45) is 4.17. The van der Waals surface area contributed by atoms with E-state index in [1.807, 2.05) is 48.5 Å². The van der Waals surface area contributed by atoms with Gasteiger partial charge >= 0.3 is 5.97 Å². The molecule has 0 bridgehead atoms. The molecule has 0 aromatic heterocycles. The first-order chi connectivity index (χ1) is 12.8. The van der Waals surface area contributed by atoms with Crippen LogP contribution in [0.15, 0.2) is 48.5 Å². The molecule has 2 aliphatic heterocycles. The number of rotatable bonds is 5. The number of carbonyl (C=O) groups excluding carboxylic acids is 1. The Kier molecular flexibility index (Phi) is 5.21. The summed E-state index contributed by atoms with van der Waals surface area (Å²) in [5.74, 6) is 1.51. The monoisotopic (exact) mass is 351 g/mol. The van der Waals surface area contributed by atoms with Gasteiger partial charge in [0, 0.05) is 23.6 Å². The number of esters is 1. The second-order valence-corrected chi connectivity index (χ2v) is 7.06. The van der Waals surface area contributed by atoms with Crippen LogP contribution in [0.4, 0.5) is 0 Å². The Bertz CT molecular complexity index is 722. The number of fused-ring (bicyclic) bond motifs is 2. The molecule has 1 saturated heterocycles.